The minimum atomic E-state index is 0.144. The number of aryl methyl sites for hydroxylation is 2. The van der Waals surface area contributed by atoms with E-state index in [1.165, 1.54) is 16.8 Å². The van der Waals surface area contributed by atoms with Crippen LogP contribution < -0.4 is 5.32 Å². The summed E-state index contributed by atoms with van der Waals surface area (Å²) in [6.45, 7) is 6.78. The van der Waals surface area contributed by atoms with Gasteiger partial charge in [0.25, 0.3) is 0 Å². The van der Waals surface area contributed by atoms with Gasteiger partial charge in [0.15, 0.2) is 0 Å². The summed E-state index contributed by atoms with van der Waals surface area (Å²) in [4.78, 5) is 0. The predicted molar refractivity (Wildman–Crippen MR) is 96.4 cm³/mol. The van der Waals surface area contributed by atoms with E-state index in [0.29, 0.717) is 5.92 Å². The fraction of sp³-hybridized carbons (Fsp3) is 0.474. The molecule has 0 unspecified atom stereocenters. The number of rotatable bonds is 5. The number of hydrogen-bond acceptors (Lipinski definition) is 4. The van der Waals surface area contributed by atoms with E-state index in [-0.39, 0.29) is 6.10 Å². The molecule has 0 bridgehead atoms. The van der Waals surface area contributed by atoms with Gasteiger partial charge in [-0.1, -0.05) is 6.07 Å². The monoisotopic (exact) mass is 339 g/mol. The highest BCUT2D eigenvalue weighted by Gasteiger charge is 2.33. The predicted octanol–water partition coefficient (Wildman–Crippen LogP) is 2.55. The van der Waals surface area contributed by atoms with Crippen LogP contribution in [0.1, 0.15) is 35.0 Å². The molecule has 132 valence electrons. The van der Waals surface area contributed by atoms with Crippen molar-refractivity contribution in [3.63, 3.8) is 0 Å². The smallest absolute Gasteiger partial charge is 0.0901 e. The van der Waals surface area contributed by atoms with Crippen molar-refractivity contribution in [2.45, 2.75) is 32.9 Å². The Kier molecular flexibility index (Phi) is 4.31. The zero-order valence-corrected chi connectivity index (χ0v) is 15.1. The number of aromatic nitrogens is 4. The first kappa shape index (κ1) is 16.3. The Hall–Kier alpha value is -2.18. The molecule has 0 saturated carbocycles. The molecule has 1 aliphatic heterocycles. The Labute approximate surface area is 147 Å². The van der Waals surface area contributed by atoms with Crippen molar-refractivity contribution < 1.29 is 4.74 Å². The second-order valence-corrected chi connectivity index (χ2v) is 6.88. The highest BCUT2D eigenvalue weighted by atomic mass is 16.5. The van der Waals surface area contributed by atoms with Crippen molar-refractivity contribution in [2.24, 2.45) is 13.0 Å². The summed E-state index contributed by atoms with van der Waals surface area (Å²) in [6.07, 6.45) is 5.15. The van der Waals surface area contributed by atoms with E-state index in [1.807, 2.05) is 34.7 Å². The molecule has 25 heavy (non-hydrogen) atoms. The van der Waals surface area contributed by atoms with Gasteiger partial charge in [-0.3, -0.25) is 4.68 Å². The number of nitrogens with zero attached hydrogens (tertiary/aromatic N) is 4. The van der Waals surface area contributed by atoms with Crippen molar-refractivity contribution in [1.29, 1.82) is 0 Å². The third kappa shape index (κ3) is 2.96. The SMILES string of the molecule is Cc1nn(C)c(C)c1[C@@H]1OCC[C@@H]1CNCc1cnn2ccccc12. The summed E-state index contributed by atoms with van der Waals surface area (Å²) in [6, 6.07) is 6.15. The van der Waals surface area contributed by atoms with Crippen molar-refractivity contribution in [3.05, 3.63) is 53.1 Å². The molecule has 6 nitrogen and oxygen atoms in total. The molecule has 4 rings (SSSR count). The lowest BCUT2D eigenvalue weighted by molar-refractivity contribution is 0.0894. The first-order valence-electron chi connectivity index (χ1n) is 8.89. The molecule has 1 fully saturated rings. The normalized spacial score (nSPS) is 20.6. The van der Waals surface area contributed by atoms with Crippen LogP contribution in [-0.2, 0) is 18.3 Å². The maximum atomic E-state index is 6.07. The van der Waals surface area contributed by atoms with E-state index >= 15 is 0 Å². The molecule has 6 heteroatoms. The lowest BCUT2D eigenvalue weighted by Gasteiger charge is -2.19. The quantitative estimate of drug-likeness (QED) is 0.776. The zero-order chi connectivity index (χ0) is 17.4. The summed E-state index contributed by atoms with van der Waals surface area (Å²) in [5.74, 6) is 0.475. The van der Waals surface area contributed by atoms with Crippen LogP contribution in [0.15, 0.2) is 30.6 Å². The van der Waals surface area contributed by atoms with Gasteiger partial charge in [-0.15, -0.1) is 0 Å². The Morgan fingerprint density at radius 2 is 2.20 bits per heavy atom. The van der Waals surface area contributed by atoms with Gasteiger partial charge in [0.1, 0.15) is 0 Å². The molecule has 0 spiro atoms. The minimum Gasteiger partial charge on any atom is -0.373 e. The van der Waals surface area contributed by atoms with E-state index in [1.54, 1.807) is 0 Å². The largest absolute Gasteiger partial charge is 0.373 e. The highest BCUT2D eigenvalue weighted by molar-refractivity contribution is 5.53. The Morgan fingerprint density at radius 1 is 1.32 bits per heavy atom. The Morgan fingerprint density at radius 3 is 3.00 bits per heavy atom. The van der Waals surface area contributed by atoms with E-state index in [0.717, 1.165) is 37.3 Å². The molecule has 0 amide bonds. The lowest BCUT2D eigenvalue weighted by atomic mass is 9.94. The molecule has 3 aromatic heterocycles. The van der Waals surface area contributed by atoms with E-state index in [9.17, 15) is 0 Å². The molecular formula is C19H25N5O. The average molecular weight is 339 g/mol. The van der Waals surface area contributed by atoms with Crippen LogP contribution in [0.2, 0.25) is 0 Å². The highest BCUT2D eigenvalue weighted by Crippen LogP contribution is 2.37. The molecule has 1 saturated heterocycles. The van der Waals surface area contributed by atoms with E-state index < -0.39 is 0 Å². The number of hydrogen-bond donors (Lipinski definition) is 1. The van der Waals surface area contributed by atoms with Crippen LogP contribution in [0.3, 0.4) is 0 Å². The van der Waals surface area contributed by atoms with Gasteiger partial charge in [0.05, 0.1) is 23.5 Å². The third-order valence-electron chi connectivity index (χ3n) is 5.29. The van der Waals surface area contributed by atoms with Gasteiger partial charge in [0, 0.05) is 55.7 Å². The molecule has 1 aliphatic rings. The summed E-state index contributed by atoms with van der Waals surface area (Å²) in [5, 5.41) is 12.6. The van der Waals surface area contributed by atoms with Crippen LogP contribution >= 0.6 is 0 Å². The van der Waals surface area contributed by atoms with E-state index in [4.69, 9.17) is 4.74 Å². The van der Waals surface area contributed by atoms with E-state index in [2.05, 4.69) is 41.5 Å². The maximum absolute atomic E-state index is 6.07. The van der Waals surface area contributed by atoms with Crippen molar-refractivity contribution in [1.82, 2.24) is 24.7 Å². The number of nitrogens with one attached hydrogen (secondary N) is 1. The molecule has 2 atom stereocenters. The third-order valence-corrected chi connectivity index (χ3v) is 5.29. The zero-order valence-electron chi connectivity index (χ0n) is 15.1. The molecule has 3 aromatic rings. The number of ether oxygens (including phenoxy) is 1. The second kappa shape index (κ2) is 6.61. The molecule has 4 heterocycles. The number of pyridine rings is 1. The van der Waals surface area contributed by atoms with Gasteiger partial charge in [0.2, 0.25) is 0 Å². The first-order chi connectivity index (χ1) is 12.1. The van der Waals surface area contributed by atoms with Crippen LogP contribution in [0, 0.1) is 19.8 Å². The van der Waals surface area contributed by atoms with Gasteiger partial charge < -0.3 is 10.1 Å². The summed E-state index contributed by atoms with van der Waals surface area (Å²) in [7, 11) is 2.00. The van der Waals surface area contributed by atoms with Crippen LogP contribution in [0.25, 0.3) is 5.52 Å². The number of fused-ring (bicyclic) bond motifs is 1. The van der Waals surface area contributed by atoms with Crippen LogP contribution in [0.5, 0.6) is 0 Å². The molecule has 0 aliphatic carbocycles. The van der Waals surface area contributed by atoms with Crippen LogP contribution in [0.4, 0.5) is 0 Å². The van der Waals surface area contributed by atoms with Crippen LogP contribution in [-0.4, -0.2) is 32.5 Å². The second-order valence-electron chi connectivity index (χ2n) is 6.88. The fourth-order valence-corrected chi connectivity index (χ4v) is 3.88. The molecule has 1 N–H and O–H groups in total. The Balaban J connectivity index is 1.43. The molecular weight excluding hydrogens is 314 g/mol. The topological polar surface area (TPSA) is 56.4 Å². The Bertz CT molecular complexity index is 881. The van der Waals surface area contributed by atoms with Crippen molar-refractivity contribution in [3.8, 4) is 0 Å². The fourth-order valence-electron chi connectivity index (χ4n) is 3.88. The van der Waals surface area contributed by atoms with Gasteiger partial charge in [-0.2, -0.15) is 10.2 Å². The molecule has 0 radical (unpaired) electrons. The standard InChI is InChI=1S/C19H25N5O/c1-13-18(14(2)23(3)22-13)19-15(7-9-25-19)10-20-11-16-12-21-24-8-5-4-6-17(16)24/h4-6,8,12,15,19-20H,7,9-11H2,1-3H3/t15-,19-/m1/s1. The van der Waals surface area contributed by atoms with Gasteiger partial charge in [-0.05, 0) is 32.4 Å². The first-order valence-corrected chi connectivity index (χ1v) is 8.89. The average Bonchev–Trinajstić information content (AvgIpc) is 3.28. The van der Waals surface area contributed by atoms with Crippen molar-refractivity contribution in [2.75, 3.05) is 13.2 Å². The summed E-state index contributed by atoms with van der Waals surface area (Å²) >= 11 is 0. The summed E-state index contributed by atoms with van der Waals surface area (Å²) < 4.78 is 9.95. The maximum Gasteiger partial charge on any atom is 0.0901 e. The minimum absolute atomic E-state index is 0.144. The molecule has 0 aromatic carbocycles. The summed E-state index contributed by atoms with van der Waals surface area (Å²) in [5.41, 5.74) is 5.94. The van der Waals surface area contributed by atoms with Gasteiger partial charge in [-0.25, -0.2) is 4.52 Å². The van der Waals surface area contributed by atoms with Crippen molar-refractivity contribution >= 4 is 5.52 Å². The lowest BCUT2D eigenvalue weighted by Crippen LogP contribution is -2.25. The van der Waals surface area contributed by atoms with Gasteiger partial charge >= 0.3 is 0 Å².